The Morgan fingerprint density at radius 3 is 1.50 bits per heavy atom. The topological polar surface area (TPSA) is 89.8 Å². The van der Waals surface area contributed by atoms with Crippen LogP contribution in [-0.2, 0) is 4.79 Å². The Hall–Kier alpha value is -0.910. The number of hydrogen-bond acceptors (Lipinski definition) is 4. The van der Waals surface area contributed by atoms with Gasteiger partial charge >= 0.3 is 0 Å². The van der Waals surface area contributed by atoms with Crippen molar-refractivity contribution in [3.05, 3.63) is 12.2 Å². The van der Waals surface area contributed by atoms with Gasteiger partial charge < -0.3 is 20.6 Å². The molecule has 1 amide bonds. The van der Waals surface area contributed by atoms with E-state index in [4.69, 9.17) is 0 Å². The minimum Gasteiger partial charge on any atom is -0.394 e. The number of rotatable bonds is 31. The molecule has 0 aliphatic heterocycles. The van der Waals surface area contributed by atoms with Crippen LogP contribution in [0.2, 0.25) is 0 Å². The van der Waals surface area contributed by atoms with Crippen molar-refractivity contribution in [3.63, 3.8) is 0 Å². The maximum Gasteiger partial charge on any atom is 0.222 e. The minimum absolute atomic E-state index is 0.0225. The maximum atomic E-state index is 12.3. The fourth-order valence-corrected chi connectivity index (χ4v) is 5.32. The van der Waals surface area contributed by atoms with Crippen molar-refractivity contribution in [2.24, 2.45) is 0 Å². The Labute approximate surface area is 249 Å². The van der Waals surface area contributed by atoms with Crippen molar-refractivity contribution in [2.75, 3.05) is 6.61 Å². The second-order valence-corrected chi connectivity index (χ2v) is 12.1. The number of carbonyl (C=O) groups is 1. The Kier molecular flexibility index (Phi) is 30.3. The number of unbranched alkanes of at least 4 members (excludes halogenated alkanes) is 20. The van der Waals surface area contributed by atoms with Crippen molar-refractivity contribution < 1.29 is 20.1 Å². The van der Waals surface area contributed by atoms with Gasteiger partial charge in [-0.25, -0.2) is 0 Å². The van der Waals surface area contributed by atoms with Gasteiger partial charge in [0, 0.05) is 0 Å². The molecule has 0 aliphatic carbocycles. The smallest absolute Gasteiger partial charge is 0.222 e. The molecular formula is C35H69NO4. The summed E-state index contributed by atoms with van der Waals surface area (Å²) in [5.41, 5.74) is 0. The molecule has 0 saturated heterocycles. The van der Waals surface area contributed by atoms with Crippen molar-refractivity contribution in [1.29, 1.82) is 0 Å². The van der Waals surface area contributed by atoms with E-state index >= 15 is 0 Å². The fourth-order valence-electron chi connectivity index (χ4n) is 5.32. The van der Waals surface area contributed by atoms with Crippen LogP contribution in [0.15, 0.2) is 12.2 Å². The van der Waals surface area contributed by atoms with Gasteiger partial charge in [-0.05, 0) is 32.1 Å². The van der Waals surface area contributed by atoms with Crippen molar-refractivity contribution in [1.82, 2.24) is 5.32 Å². The summed E-state index contributed by atoms with van der Waals surface area (Å²) in [5, 5.41) is 33.0. The molecule has 3 unspecified atom stereocenters. The van der Waals surface area contributed by atoms with Crippen LogP contribution in [0, 0.1) is 0 Å². The number of aliphatic hydroxyl groups is 3. The summed E-state index contributed by atoms with van der Waals surface area (Å²) in [6.45, 7) is 4.18. The van der Waals surface area contributed by atoms with Crippen molar-refractivity contribution in [2.45, 2.75) is 199 Å². The van der Waals surface area contributed by atoms with Crippen LogP contribution in [-0.4, -0.2) is 46.1 Å². The molecule has 0 fully saturated rings. The first-order valence-corrected chi connectivity index (χ1v) is 17.5. The minimum atomic E-state index is -0.748. The molecule has 0 aromatic carbocycles. The first-order chi connectivity index (χ1) is 19.5. The number of nitrogens with one attached hydrogen (secondary N) is 1. The first-order valence-electron chi connectivity index (χ1n) is 17.5. The van der Waals surface area contributed by atoms with Gasteiger partial charge in [0.2, 0.25) is 5.91 Å². The molecule has 40 heavy (non-hydrogen) atoms. The molecule has 5 heteroatoms. The highest BCUT2D eigenvalue weighted by Gasteiger charge is 2.21. The first kappa shape index (κ1) is 39.1. The summed E-state index contributed by atoms with van der Waals surface area (Å²) in [5.74, 6) is -0.299. The molecule has 0 aromatic heterocycles. The monoisotopic (exact) mass is 568 g/mol. The van der Waals surface area contributed by atoms with Crippen LogP contribution in [0.3, 0.4) is 0 Å². The third kappa shape index (κ3) is 27.3. The molecule has 0 heterocycles. The van der Waals surface area contributed by atoms with E-state index < -0.39 is 18.2 Å². The molecule has 0 spiro atoms. The van der Waals surface area contributed by atoms with Gasteiger partial charge in [-0.2, -0.15) is 0 Å². The molecule has 0 aromatic rings. The van der Waals surface area contributed by atoms with Crippen LogP contribution in [0.5, 0.6) is 0 Å². The fraction of sp³-hybridized carbons (Fsp3) is 0.914. The molecule has 5 nitrogen and oxygen atoms in total. The quantitative estimate of drug-likeness (QED) is 0.0497. The van der Waals surface area contributed by atoms with Crippen LogP contribution in [0.1, 0.15) is 181 Å². The van der Waals surface area contributed by atoms with E-state index in [1.807, 2.05) is 0 Å². The molecule has 238 valence electrons. The van der Waals surface area contributed by atoms with Gasteiger partial charge in [0.25, 0.3) is 0 Å². The number of carbonyl (C=O) groups excluding carboxylic acids is 1. The normalized spacial score (nSPS) is 14.0. The van der Waals surface area contributed by atoms with Crippen LogP contribution >= 0.6 is 0 Å². The standard InChI is InChI=1S/C35H69NO4/c1-3-5-7-9-11-13-14-15-16-17-18-19-20-21-23-25-27-29-34(39)33(31-37)36-35(40)30-32(38)28-26-24-22-12-10-8-6-4-2/h10,12,32-34,37-39H,3-9,11,13-31H2,1-2H3,(H,36,40)/b12-10-. The van der Waals surface area contributed by atoms with E-state index in [0.29, 0.717) is 12.8 Å². The highest BCUT2D eigenvalue weighted by atomic mass is 16.3. The summed E-state index contributed by atoms with van der Waals surface area (Å²) in [6.07, 6.45) is 33.1. The van der Waals surface area contributed by atoms with E-state index in [2.05, 4.69) is 31.3 Å². The van der Waals surface area contributed by atoms with E-state index in [1.165, 1.54) is 109 Å². The van der Waals surface area contributed by atoms with Gasteiger partial charge in [0.05, 0.1) is 31.3 Å². The number of amides is 1. The average Bonchev–Trinajstić information content (AvgIpc) is 2.94. The Morgan fingerprint density at radius 2 is 1.02 bits per heavy atom. The van der Waals surface area contributed by atoms with E-state index in [0.717, 1.165) is 38.5 Å². The van der Waals surface area contributed by atoms with Gasteiger partial charge in [0.15, 0.2) is 0 Å². The predicted molar refractivity (Wildman–Crippen MR) is 172 cm³/mol. The number of allylic oxidation sites excluding steroid dienone is 2. The zero-order valence-electron chi connectivity index (χ0n) is 26.7. The Morgan fingerprint density at radius 1 is 0.600 bits per heavy atom. The number of hydrogen-bond donors (Lipinski definition) is 4. The summed E-state index contributed by atoms with van der Waals surface area (Å²) in [4.78, 5) is 12.3. The largest absolute Gasteiger partial charge is 0.394 e. The Balaban J connectivity index is 3.65. The second-order valence-electron chi connectivity index (χ2n) is 12.1. The van der Waals surface area contributed by atoms with Gasteiger partial charge in [-0.1, -0.05) is 154 Å². The van der Waals surface area contributed by atoms with Crippen LogP contribution in [0.4, 0.5) is 0 Å². The Bertz CT molecular complexity index is 554. The van der Waals surface area contributed by atoms with Crippen LogP contribution in [0.25, 0.3) is 0 Å². The lowest BCUT2D eigenvalue weighted by molar-refractivity contribution is -0.125. The lowest BCUT2D eigenvalue weighted by Crippen LogP contribution is -2.46. The third-order valence-corrected chi connectivity index (χ3v) is 8.08. The predicted octanol–water partition coefficient (Wildman–Crippen LogP) is 8.92. The average molecular weight is 568 g/mol. The van der Waals surface area contributed by atoms with E-state index in [-0.39, 0.29) is 18.9 Å². The number of aliphatic hydroxyl groups excluding tert-OH is 3. The summed E-state index contributed by atoms with van der Waals surface area (Å²) < 4.78 is 0. The lowest BCUT2D eigenvalue weighted by atomic mass is 10.0. The van der Waals surface area contributed by atoms with Crippen LogP contribution < -0.4 is 5.32 Å². The zero-order chi connectivity index (χ0) is 29.5. The van der Waals surface area contributed by atoms with Crippen molar-refractivity contribution >= 4 is 5.91 Å². The molecule has 0 bridgehead atoms. The lowest BCUT2D eigenvalue weighted by Gasteiger charge is -2.23. The van der Waals surface area contributed by atoms with E-state index in [1.54, 1.807) is 0 Å². The molecule has 0 saturated carbocycles. The van der Waals surface area contributed by atoms with Gasteiger partial charge in [0.1, 0.15) is 0 Å². The third-order valence-electron chi connectivity index (χ3n) is 8.08. The summed E-state index contributed by atoms with van der Waals surface area (Å²) in [7, 11) is 0. The maximum absolute atomic E-state index is 12.3. The molecular weight excluding hydrogens is 498 g/mol. The zero-order valence-corrected chi connectivity index (χ0v) is 26.7. The molecule has 4 N–H and O–H groups in total. The van der Waals surface area contributed by atoms with E-state index in [9.17, 15) is 20.1 Å². The highest BCUT2D eigenvalue weighted by molar-refractivity contribution is 5.76. The molecule has 0 aliphatic rings. The van der Waals surface area contributed by atoms with Crippen molar-refractivity contribution in [3.8, 4) is 0 Å². The molecule has 3 atom stereocenters. The van der Waals surface area contributed by atoms with Gasteiger partial charge in [-0.3, -0.25) is 4.79 Å². The summed E-state index contributed by atoms with van der Waals surface area (Å²) >= 11 is 0. The molecule has 0 rings (SSSR count). The molecule has 0 radical (unpaired) electrons. The summed E-state index contributed by atoms with van der Waals surface area (Å²) in [6, 6.07) is -0.658. The second kappa shape index (κ2) is 31.0. The SMILES string of the molecule is CCCC/C=C\CCCCC(O)CC(=O)NC(CO)C(O)CCCCCCCCCCCCCCCCCCC. The highest BCUT2D eigenvalue weighted by Crippen LogP contribution is 2.15. The van der Waals surface area contributed by atoms with Gasteiger partial charge in [-0.15, -0.1) is 0 Å².